The van der Waals surface area contributed by atoms with Crippen molar-refractivity contribution in [3.05, 3.63) is 22.8 Å². The highest BCUT2D eigenvalue weighted by Gasteiger charge is 2.50. The van der Waals surface area contributed by atoms with Crippen molar-refractivity contribution in [1.29, 1.82) is 0 Å². The summed E-state index contributed by atoms with van der Waals surface area (Å²) in [4.78, 5) is 0. The molecule has 2 atom stereocenters. The van der Waals surface area contributed by atoms with Gasteiger partial charge in [0.1, 0.15) is 0 Å². The van der Waals surface area contributed by atoms with Gasteiger partial charge in [0.05, 0.1) is 0 Å². The summed E-state index contributed by atoms with van der Waals surface area (Å²) in [6.45, 7) is 11.4. The number of aromatic hydroxyl groups is 2. The molecule has 2 aliphatic rings. The van der Waals surface area contributed by atoms with Crippen LogP contribution in [0.2, 0.25) is 0 Å². The summed E-state index contributed by atoms with van der Waals surface area (Å²) in [6.07, 6.45) is 5.96. The number of fused-ring (bicyclic) bond motifs is 3. The minimum atomic E-state index is 0.0627. The van der Waals surface area contributed by atoms with Crippen LogP contribution >= 0.6 is 0 Å². The summed E-state index contributed by atoms with van der Waals surface area (Å²) in [5, 5.41) is 20.6. The van der Waals surface area contributed by atoms with Gasteiger partial charge in [0, 0.05) is 5.56 Å². The Bertz CT molecular complexity index is 600. The summed E-state index contributed by atoms with van der Waals surface area (Å²) >= 11 is 0. The van der Waals surface area contributed by atoms with E-state index < -0.39 is 0 Å². The molecule has 22 heavy (non-hydrogen) atoms. The highest BCUT2D eigenvalue weighted by Crippen LogP contribution is 2.59. The van der Waals surface area contributed by atoms with E-state index in [0.29, 0.717) is 11.3 Å². The van der Waals surface area contributed by atoms with E-state index in [1.54, 1.807) is 0 Å². The van der Waals surface area contributed by atoms with Crippen molar-refractivity contribution in [2.45, 2.75) is 78.1 Å². The largest absolute Gasteiger partial charge is 0.504 e. The number of hydrogen-bond donors (Lipinski definition) is 2. The van der Waals surface area contributed by atoms with Crippen LogP contribution in [-0.4, -0.2) is 10.2 Å². The van der Waals surface area contributed by atoms with Crippen molar-refractivity contribution < 1.29 is 10.2 Å². The first-order valence-electron chi connectivity index (χ1n) is 8.76. The van der Waals surface area contributed by atoms with Gasteiger partial charge in [-0.25, -0.2) is 0 Å². The number of phenolic OH excluding ortho intramolecular Hbond substituents is 2. The van der Waals surface area contributed by atoms with Gasteiger partial charge in [-0.1, -0.05) is 41.0 Å². The smallest absolute Gasteiger partial charge is 0.161 e. The summed E-state index contributed by atoms with van der Waals surface area (Å²) in [7, 11) is 0. The lowest BCUT2D eigenvalue weighted by Gasteiger charge is -2.54. The van der Waals surface area contributed by atoms with Gasteiger partial charge >= 0.3 is 0 Å². The third-order valence-corrected chi connectivity index (χ3v) is 6.53. The fraction of sp³-hybridized carbons (Fsp3) is 0.700. The summed E-state index contributed by atoms with van der Waals surface area (Å²) in [5.74, 6) is 1.06. The maximum atomic E-state index is 10.4. The molecule has 3 rings (SSSR count). The average molecular weight is 302 g/mol. The second kappa shape index (κ2) is 4.91. The topological polar surface area (TPSA) is 40.5 Å². The normalized spacial score (nSPS) is 30.0. The predicted octanol–water partition coefficient (Wildman–Crippen LogP) is 5.25. The van der Waals surface area contributed by atoms with E-state index in [4.69, 9.17) is 0 Å². The Labute approximate surface area is 134 Å². The van der Waals surface area contributed by atoms with Gasteiger partial charge in [0.15, 0.2) is 11.5 Å². The minimum absolute atomic E-state index is 0.0627. The summed E-state index contributed by atoms with van der Waals surface area (Å²) < 4.78 is 0. The van der Waals surface area contributed by atoms with Crippen LogP contribution in [-0.2, 0) is 11.8 Å². The molecule has 2 heteroatoms. The number of benzene rings is 1. The highest BCUT2D eigenvalue weighted by molar-refractivity contribution is 5.57. The molecular weight excluding hydrogens is 272 g/mol. The molecule has 1 saturated carbocycles. The van der Waals surface area contributed by atoms with Crippen LogP contribution in [0.4, 0.5) is 0 Å². The summed E-state index contributed by atoms with van der Waals surface area (Å²) in [5.41, 5.74) is 4.07. The third-order valence-electron chi connectivity index (χ3n) is 6.53. The predicted molar refractivity (Wildman–Crippen MR) is 90.7 cm³/mol. The first-order chi connectivity index (χ1) is 10.2. The zero-order valence-corrected chi connectivity index (χ0v) is 14.7. The molecule has 122 valence electrons. The van der Waals surface area contributed by atoms with Crippen LogP contribution in [0.25, 0.3) is 0 Å². The van der Waals surface area contributed by atoms with Crippen LogP contribution in [0.15, 0.2) is 6.07 Å². The van der Waals surface area contributed by atoms with Crippen LogP contribution in [0.3, 0.4) is 0 Å². The van der Waals surface area contributed by atoms with Crippen molar-refractivity contribution in [3.63, 3.8) is 0 Å². The van der Waals surface area contributed by atoms with Crippen molar-refractivity contribution in [2.24, 2.45) is 11.3 Å². The molecule has 0 saturated heterocycles. The van der Waals surface area contributed by atoms with E-state index >= 15 is 0 Å². The first-order valence-corrected chi connectivity index (χ1v) is 8.76. The monoisotopic (exact) mass is 302 g/mol. The molecule has 1 aromatic rings. The quantitative estimate of drug-likeness (QED) is 0.695. The molecule has 2 nitrogen and oxygen atoms in total. The van der Waals surface area contributed by atoms with Gasteiger partial charge in [-0.2, -0.15) is 0 Å². The third kappa shape index (κ3) is 2.06. The molecule has 2 unspecified atom stereocenters. The molecule has 1 aromatic carbocycles. The first kappa shape index (κ1) is 15.7. The molecule has 0 aromatic heterocycles. The zero-order chi connectivity index (χ0) is 16.3. The maximum absolute atomic E-state index is 10.4. The molecule has 1 fully saturated rings. The molecule has 2 N–H and O–H groups in total. The van der Waals surface area contributed by atoms with Crippen LogP contribution < -0.4 is 0 Å². The fourth-order valence-corrected chi connectivity index (χ4v) is 5.56. The van der Waals surface area contributed by atoms with E-state index in [1.165, 1.54) is 36.8 Å². The Morgan fingerprint density at radius 3 is 2.45 bits per heavy atom. The van der Waals surface area contributed by atoms with Gasteiger partial charge in [0.25, 0.3) is 0 Å². The molecular formula is C20H30O2. The van der Waals surface area contributed by atoms with Crippen molar-refractivity contribution in [1.82, 2.24) is 0 Å². The minimum Gasteiger partial charge on any atom is -0.504 e. The van der Waals surface area contributed by atoms with Crippen molar-refractivity contribution in [2.75, 3.05) is 0 Å². The Morgan fingerprint density at radius 2 is 1.82 bits per heavy atom. The van der Waals surface area contributed by atoms with Gasteiger partial charge < -0.3 is 10.2 Å². The lowest BCUT2D eigenvalue weighted by Crippen LogP contribution is -2.48. The standard InChI is InChI=1S/C20H30O2/c1-12(2)17-13-7-8-16-19(3,4)9-6-10-20(16,5)14(13)11-15(21)18(17)22/h11-12,16,21-22H,6-10H2,1-5H3. The number of hydrogen-bond acceptors (Lipinski definition) is 2. The highest BCUT2D eigenvalue weighted by atomic mass is 16.3. The SMILES string of the molecule is CC(C)c1c(O)c(O)cc2c1CCC1C(C)(C)CCCC21C. The lowest BCUT2D eigenvalue weighted by atomic mass is 9.50. The molecule has 0 radical (unpaired) electrons. The van der Waals surface area contributed by atoms with Gasteiger partial charge in [-0.05, 0) is 65.5 Å². The summed E-state index contributed by atoms with van der Waals surface area (Å²) in [6, 6.07) is 1.87. The molecule has 0 spiro atoms. The number of rotatable bonds is 1. The Morgan fingerprint density at radius 1 is 1.14 bits per heavy atom. The van der Waals surface area contributed by atoms with E-state index in [-0.39, 0.29) is 22.8 Å². The zero-order valence-electron chi connectivity index (χ0n) is 14.7. The molecule has 0 heterocycles. The molecule has 0 bridgehead atoms. The van der Waals surface area contributed by atoms with Crippen LogP contribution in [0.1, 0.15) is 82.9 Å². The molecule has 0 aliphatic heterocycles. The fourth-order valence-electron chi connectivity index (χ4n) is 5.56. The Kier molecular flexibility index (Phi) is 3.50. The van der Waals surface area contributed by atoms with Crippen molar-refractivity contribution in [3.8, 4) is 11.5 Å². The van der Waals surface area contributed by atoms with Gasteiger partial charge in [-0.15, -0.1) is 0 Å². The van der Waals surface area contributed by atoms with Gasteiger partial charge in [0.2, 0.25) is 0 Å². The van der Waals surface area contributed by atoms with E-state index in [2.05, 4.69) is 34.6 Å². The van der Waals surface area contributed by atoms with Crippen LogP contribution in [0, 0.1) is 11.3 Å². The Hall–Kier alpha value is -1.18. The van der Waals surface area contributed by atoms with E-state index in [9.17, 15) is 10.2 Å². The molecule has 0 amide bonds. The van der Waals surface area contributed by atoms with E-state index in [1.807, 2.05) is 6.07 Å². The van der Waals surface area contributed by atoms with Crippen molar-refractivity contribution >= 4 is 0 Å². The lowest BCUT2D eigenvalue weighted by molar-refractivity contribution is 0.0403. The number of phenols is 2. The average Bonchev–Trinajstić information content (AvgIpc) is 2.39. The second-order valence-corrected chi connectivity index (χ2v) is 8.69. The van der Waals surface area contributed by atoms with Crippen LogP contribution in [0.5, 0.6) is 11.5 Å². The van der Waals surface area contributed by atoms with E-state index in [0.717, 1.165) is 12.0 Å². The maximum Gasteiger partial charge on any atom is 0.161 e. The Balaban J connectivity index is 2.23. The van der Waals surface area contributed by atoms with Gasteiger partial charge in [-0.3, -0.25) is 0 Å². The molecule has 2 aliphatic carbocycles. The second-order valence-electron chi connectivity index (χ2n) is 8.69.